The Morgan fingerprint density at radius 2 is 1.48 bits per heavy atom. The van der Waals surface area contributed by atoms with Gasteiger partial charge in [0.1, 0.15) is 11.5 Å². The van der Waals surface area contributed by atoms with Crippen molar-refractivity contribution in [1.82, 2.24) is 0 Å². The van der Waals surface area contributed by atoms with Crippen LogP contribution in [0.1, 0.15) is 5.56 Å². The van der Waals surface area contributed by atoms with E-state index in [1.807, 2.05) is 31.2 Å². The summed E-state index contributed by atoms with van der Waals surface area (Å²) in [7, 11) is 0. The predicted molar refractivity (Wildman–Crippen MR) is 82.6 cm³/mol. The van der Waals surface area contributed by atoms with E-state index in [-0.39, 0.29) is 11.5 Å². The molecule has 0 fully saturated rings. The smallest absolute Gasteiger partial charge is 0.125 e. The quantitative estimate of drug-likeness (QED) is 0.649. The van der Waals surface area contributed by atoms with Crippen molar-refractivity contribution in [3.8, 4) is 11.5 Å². The molecule has 0 bridgehead atoms. The van der Waals surface area contributed by atoms with Crippen molar-refractivity contribution in [3.05, 3.63) is 60.2 Å². The monoisotopic (exact) mass is 278 g/mol. The maximum atomic E-state index is 10.0. The lowest BCUT2D eigenvalue weighted by Crippen LogP contribution is -1.77. The van der Waals surface area contributed by atoms with Gasteiger partial charge in [0.2, 0.25) is 0 Å². The number of aromatic hydroxyl groups is 2. The van der Waals surface area contributed by atoms with Gasteiger partial charge in [-0.15, -0.1) is 5.11 Å². The minimum atomic E-state index is 0.0714. The summed E-state index contributed by atoms with van der Waals surface area (Å²) < 4.78 is 0. The van der Waals surface area contributed by atoms with E-state index < -0.39 is 0 Å². The molecule has 4 nitrogen and oxygen atoms in total. The van der Waals surface area contributed by atoms with Gasteiger partial charge in [0.25, 0.3) is 0 Å². The van der Waals surface area contributed by atoms with Gasteiger partial charge in [-0.2, -0.15) is 5.11 Å². The second-order valence-corrected chi connectivity index (χ2v) is 4.79. The van der Waals surface area contributed by atoms with Gasteiger partial charge in [0.05, 0.1) is 16.8 Å². The third-order valence-corrected chi connectivity index (χ3v) is 3.35. The van der Waals surface area contributed by atoms with Crippen LogP contribution in [0, 0.1) is 6.92 Å². The normalized spacial score (nSPS) is 11.3. The highest BCUT2D eigenvalue weighted by Gasteiger charge is 2.09. The third-order valence-electron chi connectivity index (χ3n) is 3.35. The molecule has 3 rings (SSSR count). The lowest BCUT2D eigenvalue weighted by molar-refractivity contribution is 0.475. The zero-order valence-electron chi connectivity index (χ0n) is 11.5. The standard InChI is InChI=1S/C17H14N2O2/c1-11-5-2-3-7-13(11)18-19-14-9-10-15(20)12-6-4-8-16(21)17(12)14/h2-10,20-21H,1H3. The van der Waals surface area contributed by atoms with Crippen LogP contribution in [0.5, 0.6) is 11.5 Å². The van der Waals surface area contributed by atoms with Gasteiger partial charge >= 0.3 is 0 Å². The number of rotatable bonds is 2. The van der Waals surface area contributed by atoms with Gasteiger partial charge in [0, 0.05) is 5.39 Å². The molecular weight excluding hydrogens is 264 g/mol. The molecule has 3 aromatic rings. The number of nitrogens with zero attached hydrogens (tertiary/aromatic N) is 2. The fourth-order valence-electron chi connectivity index (χ4n) is 2.22. The van der Waals surface area contributed by atoms with E-state index in [0.29, 0.717) is 16.5 Å². The van der Waals surface area contributed by atoms with Crippen LogP contribution in [0.25, 0.3) is 10.8 Å². The van der Waals surface area contributed by atoms with Gasteiger partial charge in [-0.25, -0.2) is 0 Å². The summed E-state index contributed by atoms with van der Waals surface area (Å²) in [6, 6.07) is 15.8. The summed E-state index contributed by atoms with van der Waals surface area (Å²) in [6.45, 7) is 1.96. The summed E-state index contributed by atoms with van der Waals surface area (Å²) >= 11 is 0. The van der Waals surface area contributed by atoms with Crippen LogP contribution in [-0.2, 0) is 0 Å². The SMILES string of the molecule is Cc1ccccc1N=Nc1ccc(O)c2cccc(O)c12. The summed E-state index contributed by atoms with van der Waals surface area (Å²) in [5, 5.41) is 29.4. The van der Waals surface area contributed by atoms with Gasteiger partial charge in [-0.3, -0.25) is 0 Å². The van der Waals surface area contributed by atoms with Crippen molar-refractivity contribution < 1.29 is 10.2 Å². The number of hydrogen-bond donors (Lipinski definition) is 2. The molecule has 104 valence electrons. The number of fused-ring (bicyclic) bond motifs is 1. The Balaban J connectivity index is 2.14. The Labute approximate surface area is 122 Å². The summed E-state index contributed by atoms with van der Waals surface area (Å²) in [4.78, 5) is 0. The number of benzene rings is 3. The number of aryl methyl sites for hydroxylation is 1. The molecule has 4 heteroatoms. The molecule has 0 atom stereocenters. The molecule has 0 saturated heterocycles. The highest BCUT2D eigenvalue weighted by Crippen LogP contribution is 2.38. The molecular formula is C17H14N2O2. The first kappa shape index (κ1) is 13.1. The van der Waals surface area contributed by atoms with Crippen molar-refractivity contribution in [3.63, 3.8) is 0 Å². The van der Waals surface area contributed by atoms with Crippen LogP contribution < -0.4 is 0 Å². The Hall–Kier alpha value is -2.88. The van der Waals surface area contributed by atoms with Gasteiger partial charge in [-0.1, -0.05) is 30.3 Å². The molecule has 0 aliphatic rings. The average molecular weight is 278 g/mol. The first-order chi connectivity index (χ1) is 10.2. The number of azo groups is 1. The predicted octanol–water partition coefficient (Wildman–Crippen LogP) is 4.97. The van der Waals surface area contributed by atoms with E-state index in [1.165, 1.54) is 0 Å². The molecule has 0 aliphatic heterocycles. The van der Waals surface area contributed by atoms with E-state index in [9.17, 15) is 10.2 Å². The van der Waals surface area contributed by atoms with Crippen molar-refractivity contribution in [2.24, 2.45) is 10.2 Å². The lowest BCUT2D eigenvalue weighted by Gasteiger charge is -2.06. The zero-order chi connectivity index (χ0) is 14.8. The minimum absolute atomic E-state index is 0.0714. The van der Waals surface area contributed by atoms with Gasteiger partial charge in [-0.05, 0) is 36.8 Å². The van der Waals surface area contributed by atoms with E-state index >= 15 is 0 Å². The Morgan fingerprint density at radius 3 is 2.29 bits per heavy atom. The van der Waals surface area contributed by atoms with Crippen molar-refractivity contribution in [2.45, 2.75) is 6.92 Å². The Kier molecular flexibility index (Phi) is 3.28. The third kappa shape index (κ3) is 2.43. The van der Waals surface area contributed by atoms with Gasteiger partial charge in [0.15, 0.2) is 0 Å². The molecule has 3 aromatic carbocycles. The minimum Gasteiger partial charge on any atom is -0.507 e. The van der Waals surface area contributed by atoms with Crippen LogP contribution >= 0.6 is 0 Å². The van der Waals surface area contributed by atoms with Crippen LogP contribution in [0.2, 0.25) is 0 Å². The molecule has 0 unspecified atom stereocenters. The lowest BCUT2D eigenvalue weighted by atomic mass is 10.1. The molecule has 0 aliphatic carbocycles. The number of phenolic OH excluding ortho intramolecular Hbond substituents is 2. The highest BCUT2D eigenvalue weighted by molar-refractivity contribution is 6.00. The largest absolute Gasteiger partial charge is 0.507 e. The maximum absolute atomic E-state index is 10.0. The van der Waals surface area contributed by atoms with E-state index in [2.05, 4.69) is 10.2 Å². The second-order valence-electron chi connectivity index (χ2n) is 4.79. The molecule has 0 heterocycles. The van der Waals surface area contributed by atoms with E-state index in [4.69, 9.17) is 0 Å². The first-order valence-corrected chi connectivity index (χ1v) is 6.58. The molecule has 0 aromatic heterocycles. The van der Waals surface area contributed by atoms with E-state index in [1.54, 1.807) is 30.3 Å². The summed E-state index contributed by atoms with van der Waals surface area (Å²) in [5.41, 5.74) is 2.31. The number of phenols is 2. The second kappa shape index (κ2) is 5.25. The van der Waals surface area contributed by atoms with Gasteiger partial charge < -0.3 is 10.2 Å². The molecule has 0 saturated carbocycles. The fraction of sp³-hybridized carbons (Fsp3) is 0.0588. The van der Waals surface area contributed by atoms with Crippen molar-refractivity contribution >= 4 is 22.1 Å². The van der Waals surface area contributed by atoms with Crippen molar-refractivity contribution in [1.29, 1.82) is 0 Å². The molecule has 2 N–H and O–H groups in total. The molecule has 0 amide bonds. The fourth-order valence-corrected chi connectivity index (χ4v) is 2.22. The molecule has 0 radical (unpaired) electrons. The Morgan fingerprint density at radius 1 is 0.714 bits per heavy atom. The number of hydrogen-bond acceptors (Lipinski definition) is 4. The van der Waals surface area contributed by atoms with Crippen molar-refractivity contribution in [2.75, 3.05) is 0 Å². The van der Waals surface area contributed by atoms with E-state index in [0.717, 1.165) is 11.3 Å². The highest BCUT2D eigenvalue weighted by atomic mass is 16.3. The zero-order valence-corrected chi connectivity index (χ0v) is 11.5. The topological polar surface area (TPSA) is 65.2 Å². The van der Waals surface area contributed by atoms with Crippen LogP contribution in [0.4, 0.5) is 11.4 Å². The van der Waals surface area contributed by atoms with Crippen LogP contribution in [-0.4, -0.2) is 10.2 Å². The average Bonchev–Trinajstić information content (AvgIpc) is 2.49. The summed E-state index contributed by atoms with van der Waals surface area (Å²) in [6.07, 6.45) is 0. The van der Waals surface area contributed by atoms with Crippen LogP contribution in [0.3, 0.4) is 0 Å². The van der Waals surface area contributed by atoms with Crippen LogP contribution in [0.15, 0.2) is 64.8 Å². The Bertz CT molecular complexity index is 841. The maximum Gasteiger partial charge on any atom is 0.125 e. The summed E-state index contributed by atoms with van der Waals surface area (Å²) in [5.74, 6) is 0.179. The first-order valence-electron chi connectivity index (χ1n) is 6.58. The molecule has 21 heavy (non-hydrogen) atoms. The molecule has 0 spiro atoms.